The van der Waals surface area contributed by atoms with E-state index in [4.69, 9.17) is 5.10 Å². The van der Waals surface area contributed by atoms with E-state index in [-0.39, 0.29) is 0 Å². The second-order valence-electron chi connectivity index (χ2n) is 6.59. The second kappa shape index (κ2) is 5.53. The second-order valence-corrected chi connectivity index (χ2v) is 6.59. The molecule has 4 heteroatoms. The first kappa shape index (κ1) is 14.5. The molecule has 0 saturated carbocycles. The van der Waals surface area contributed by atoms with Crippen LogP contribution in [0.3, 0.4) is 0 Å². The number of H-pyrrole nitrogens is 1. The number of nitrogens with one attached hydrogen (secondary N) is 1. The van der Waals surface area contributed by atoms with E-state index < -0.39 is 0 Å². The molecule has 1 aliphatic heterocycles. The SMILES string of the molecule is CCCN1CCc2[nH]nc(-c3c(C)n(C)c4ccccc34)c2C1. The number of para-hydroxylation sites is 1. The van der Waals surface area contributed by atoms with Crippen LogP contribution in [0, 0.1) is 6.92 Å². The van der Waals surface area contributed by atoms with Crippen LogP contribution in [0.4, 0.5) is 0 Å². The third-order valence-corrected chi connectivity index (χ3v) is 5.19. The lowest BCUT2D eigenvalue weighted by atomic mass is 9.99. The van der Waals surface area contributed by atoms with Crippen molar-refractivity contribution in [2.75, 3.05) is 13.1 Å². The molecule has 23 heavy (non-hydrogen) atoms. The molecule has 1 N–H and O–H groups in total. The van der Waals surface area contributed by atoms with Crippen molar-refractivity contribution in [2.24, 2.45) is 7.05 Å². The van der Waals surface area contributed by atoms with Crippen LogP contribution in [-0.4, -0.2) is 32.8 Å². The summed E-state index contributed by atoms with van der Waals surface area (Å²) in [6.07, 6.45) is 2.28. The van der Waals surface area contributed by atoms with Gasteiger partial charge in [0.1, 0.15) is 0 Å². The molecule has 1 aliphatic rings. The summed E-state index contributed by atoms with van der Waals surface area (Å²) in [4.78, 5) is 2.54. The fourth-order valence-corrected chi connectivity index (χ4v) is 3.88. The van der Waals surface area contributed by atoms with Crippen LogP contribution < -0.4 is 0 Å². The Labute approximate surface area is 137 Å². The molecule has 2 aromatic heterocycles. The Kier molecular flexibility index (Phi) is 3.49. The van der Waals surface area contributed by atoms with Crippen molar-refractivity contribution in [3.8, 4) is 11.3 Å². The summed E-state index contributed by atoms with van der Waals surface area (Å²) < 4.78 is 2.28. The molecule has 3 heterocycles. The van der Waals surface area contributed by atoms with E-state index in [2.05, 4.69) is 59.7 Å². The lowest BCUT2D eigenvalue weighted by Crippen LogP contribution is -2.31. The lowest BCUT2D eigenvalue weighted by molar-refractivity contribution is 0.254. The number of aromatic nitrogens is 3. The van der Waals surface area contributed by atoms with Crippen LogP contribution in [0.2, 0.25) is 0 Å². The minimum absolute atomic E-state index is 1.01. The highest BCUT2D eigenvalue weighted by Crippen LogP contribution is 2.37. The van der Waals surface area contributed by atoms with Crippen LogP contribution in [0.15, 0.2) is 24.3 Å². The van der Waals surface area contributed by atoms with Gasteiger partial charge in [0.25, 0.3) is 0 Å². The first-order valence-corrected chi connectivity index (χ1v) is 8.53. The first-order chi connectivity index (χ1) is 11.2. The summed E-state index contributed by atoms with van der Waals surface area (Å²) in [7, 11) is 2.14. The highest BCUT2D eigenvalue weighted by Gasteiger charge is 2.25. The zero-order valence-electron chi connectivity index (χ0n) is 14.2. The first-order valence-electron chi connectivity index (χ1n) is 8.53. The van der Waals surface area contributed by atoms with Gasteiger partial charge in [-0.05, 0) is 26.0 Å². The summed E-state index contributed by atoms with van der Waals surface area (Å²) in [5, 5.41) is 9.32. The molecule has 1 aromatic carbocycles. The maximum atomic E-state index is 4.72. The van der Waals surface area contributed by atoms with E-state index in [1.165, 1.54) is 46.4 Å². The molecule has 3 aromatic rings. The van der Waals surface area contributed by atoms with Gasteiger partial charge in [0.05, 0.1) is 5.69 Å². The summed E-state index contributed by atoms with van der Waals surface area (Å²) in [5.74, 6) is 0. The van der Waals surface area contributed by atoms with Crippen LogP contribution >= 0.6 is 0 Å². The van der Waals surface area contributed by atoms with Gasteiger partial charge < -0.3 is 4.57 Å². The average Bonchev–Trinajstić information content (AvgIpc) is 3.08. The standard InChI is InChI=1S/C19H24N4/c1-4-10-23-11-9-16-15(12-23)19(21-20-16)18-13(2)22(3)17-8-6-5-7-14(17)18/h5-8H,4,9-12H2,1-3H3,(H,20,21). The molecule has 0 spiro atoms. The van der Waals surface area contributed by atoms with Gasteiger partial charge >= 0.3 is 0 Å². The topological polar surface area (TPSA) is 36.9 Å². The van der Waals surface area contributed by atoms with Crippen molar-refractivity contribution in [2.45, 2.75) is 33.2 Å². The van der Waals surface area contributed by atoms with Crippen LogP contribution in [-0.2, 0) is 20.0 Å². The van der Waals surface area contributed by atoms with Crippen LogP contribution in [0.5, 0.6) is 0 Å². The van der Waals surface area contributed by atoms with Crippen molar-refractivity contribution < 1.29 is 0 Å². The predicted molar refractivity (Wildman–Crippen MR) is 94.5 cm³/mol. The molecule has 0 amide bonds. The Morgan fingerprint density at radius 3 is 2.91 bits per heavy atom. The van der Waals surface area contributed by atoms with E-state index in [0.717, 1.165) is 25.2 Å². The molecular formula is C19H24N4. The number of fused-ring (bicyclic) bond motifs is 2. The summed E-state index contributed by atoms with van der Waals surface area (Å²) in [6, 6.07) is 8.63. The Balaban J connectivity index is 1.87. The van der Waals surface area contributed by atoms with E-state index in [9.17, 15) is 0 Å². The van der Waals surface area contributed by atoms with Gasteiger partial charge in [-0.1, -0.05) is 25.1 Å². The third-order valence-electron chi connectivity index (χ3n) is 5.19. The van der Waals surface area contributed by atoms with E-state index in [1.54, 1.807) is 0 Å². The molecule has 4 nitrogen and oxygen atoms in total. The summed E-state index contributed by atoms with van der Waals surface area (Å²) >= 11 is 0. The molecule has 0 fully saturated rings. The van der Waals surface area contributed by atoms with Crippen LogP contribution in [0.25, 0.3) is 22.2 Å². The molecule has 0 unspecified atom stereocenters. The zero-order chi connectivity index (χ0) is 16.0. The number of aromatic amines is 1. The summed E-state index contributed by atoms with van der Waals surface area (Å²) in [5.41, 5.74) is 7.71. The molecular weight excluding hydrogens is 284 g/mol. The normalized spacial score (nSPS) is 15.3. The minimum atomic E-state index is 1.01. The molecule has 0 atom stereocenters. The lowest BCUT2D eigenvalue weighted by Gasteiger charge is -2.26. The van der Waals surface area contributed by atoms with Crippen molar-refractivity contribution >= 4 is 10.9 Å². The molecule has 0 bridgehead atoms. The largest absolute Gasteiger partial charge is 0.347 e. The number of hydrogen-bond donors (Lipinski definition) is 1. The number of hydrogen-bond acceptors (Lipinski definition) is 2. The van der Waals surface area contributed by atoms with Gasteiger partial charge in [0.15, 0.2) is 0 Å². The molecule has 4 rings (SSSR count). The molecule has 0 saturated heterocycles. The van der Waals surface area contributed by atoms with Gasteiger partial charge in [-0.3, -0.25) is 10.00 Å². The fourth-order valence-electron chi connectivity index (χ4n) is 3.88. The van der Waals surface area contributed by atoms with Crippen molar-refractivity contribution in [1.29, 1.82) is 0 Å². The monoisotopic (exact) mass is 308 g/mol. The number of benzene rings is 1. The van der Waals surface area contributed by atoms with Gasteiger partial charge in [0.2, 0.25) is 0 Å². The quantitative estimate of drug-likeness (QED) is 0.802. The summed E-state index contributed by atoms with van der Waals surface area (Å²) in [6.45, 7) is 7.76. The van der Waals surface area contributed by atoms with Crippen molar-refractivity contribution in [3.63, 3.8) is 0 Å². The molecule has 0 aliphatic carbocycles. The highest BCUT2D eigenvalue weighted by molar-refractivity contribution is 5.97. The van der Waals surface area contributed by atoms with E-state index in [0.29, 0.717) is 0 Å². The maximum Gasteiger partial charge on any atom is 0.0992 e. The van der Waals surface area contributed by atoms with Gasteiger partial charge in [0, 0.05) is 60.0 Å². The smallest absolute Gasteiger partial charge is 0.0992 e. The minimum Gasteiger partial charge on any atom is -0.347 e. The average molecular weight is 308 g/mol. The number of aryl methyl sites for hydroxylation is 1. The van der Waals surface area contributed by atoms with Crippen molar-refractivity contribution in [3.05, 3.63) is 41.2 Å². The van der Waals surface area contributed by atoms with Gasteiger partial charge in [-0.25, -0.2) is 0 Å². The Morgan fingerprint density at radius 1 is 1.26 bits per heavy atom. The Hall–Kier alpha value is -2.07. The van der Waals surface area contributed by atoms with Gasteiger partial charge in [-0.15, -0.1) is 0 Å². The predicted octanol–water partition coefficient (Wildman–Crippen LogP) is 3.64. The number of nitrogens with zero attached hydrogens (tertiary/aromatic N) is 3. The fraction of sp³-hybridized carbons (Fsp3) is 0.421. The van der Waals surface area contributed by atoms with Crippen molar-refractivity contribution in [1.82, 2.24) is 19.7 Å². The van der Waals surface area contributed by atoms with E-state index in [1.807, 2.05) is 0 Å². The Bertz CT molecular complexity index is 856. The maximum absolute atomic E-state index is 4.72. The number of rotatable bonds is 3. The van der Waals surface area contributed by atoms with Crippen LogP contribution in [0.1, 0.15) is 30.3 Å². The Morgan fingerprint density at radius 2 is 2.09 bits per heavy atom. The van der Waals surface area contributed by atoms with E-state index >= 15 is 0 Å². The molecule has 0 radical (unpaired) electrons. The highest BCUT2D eigenvalue weighted by atomic mass is 15.2. The third kappa shape index (κ3) is 2.20. The molecule has 120 valence electrons. The zero-order valence-corrected chi connectivity index (χ0v) is 14.2. The van der Waals surface area contributed by atoms with Gasteiger partial charge in [-0.2, -0.15) is 5.10 Å².